The molecule has 2 heterocycles. The summed E-state index contributed by atoms with van der Waals surface area (Å²) in [5.41, 5.74) is 0. The van der Waals surface area contributed by atoms with Crippen LogP contribution in [0.3, 0.4) is 0 Å². The number of aldehydes is 2. The van der Waals surface area contributed by atoms with Crippen molar-refractivity contribution in [2.45, 2.75) is 48.8 Å². The Kier molecular flexibility index (Phi) is 10.1. The Morgan fingerprint density at radius 3 is 1.21 bits per heavy atom. The van der Waals surface area contributed by atoms with Gasteiger partial charge < -0.3 is 0 Å². The van der Waals surface area contributed by atoms with E-state index in [1.807, 2.05) is 0 Å². The van der Waals surface area contributed by atoms with Gasteiger partial charge in [0.05, 0.1) is 0 Å². The number of carbonyl (C=O) groups excluding carboxylic acids is 2. The van der Waals surface area contributed by atoms with E-state index < -0.39 is 97.7 Å². The second-order valence-corrected chi connectivity index (χ2v) is 18.8. The minimum atomic E-state index is -5.00. The number of phosphoric acid groups is 2. The molecule has 1 spiro atoms. The molecular weight excluding hydrogens is 613 g/mol. The van der Waals surface area contributed by atoms with Gasteiger partial charge in [0.1, 0.15) is 0 Å². The quantitative estimate of drug-likeness (QED) is 0.0504. The van der Waals surface area contributed by atoms with Gasteiger partial charge >= 0.3 is 190 Å². The van der Waals surface area contributed by atoms with Crippen molar-refractivity contribution in [2.24, 2.45) is 0 Å². The van der Waals surface area contributed by atoms with E-state index in [0.29, 0.717) is 0 Å². The van der Waals surface area contributed by atoms with Crippen LogP contribution in [-0.2, 0) is 39.2 Å². The normalized spacial score (nSPS) is 36.4. The zero-order valence-electron chi connectivity index (χ0n) is 16.2. The molecule has 0 unspecified atom stereocenters. The number of hydrogen-bond donors (Lipinski definition) is 8. The molecule has 2 aliphatic heterocycles. The van der Waals surface area contributed by atoms with Gasteiger partial charge in [-0.15, -0.1) is 0 Å². The third-order valence-electron chi connectivity index (χ3n) is 4.17. The molecule has 0 bridgehead atoms. The molecule has 8 atom stereocenters. The van der Waals surface area contributed by atoms with Crippen molar-refractivity contribution >= 4 is 48.3 Å². The predicted octanol–water partition coefficient (Wildman–Crippen LogP) is -4.95. The fourth-order valence-corrected chi connectivity index (χ4v) is 19.7. The molecule has 2 saturated heterocycles. The molecular formula is C12H22O18P2Sn. The van der Waals surface area contributed by atoms with Crippen molar-refractivity contribution in [3.8, 4) is 0 Å². The van der Waals surface area contributed by atoms with Crippen molar-refractivity contribution in [3.05, 3.63) is 0 Å². The monoisotopic (exact) mass is 636 g/mol. The van der Waals surface area contributed by atoms with Crippen molar-refractivity contribution < 1.29 is 80.1 Å². The van der Waals surface area contributed by atoms with E-state index in [-0.39, 0.29) is 12.6 Å². The van der Waals surface area contributed by atoms with E-state index >= 15 is 0 Å². The third kappa shape index (κ3) is 7.05. The molecule has 18 nitrogen and oxygen atoms in total. The number of rotatable bonds is 14. The van der Waals surface area contributed by atoms with E-state index in [1.54, 1.807) is 0 Å². The van der Waals surface area contributed by atoms with Crippen LogP contribution in [0.1, 0.15) is 0 Å². The van der Waals surface area contributed by atoms with Crippen LogP contribution in [0.15, 0.2) is 0 Å². The fraction of sp³-hybridized carbons (Fsp3) is 0.833. The Morgan fingerprint density at radius 2 is 0.939 bits per heavy atom. The van der Waals surface area contributed by atoms with Crippen LogP contribution in [0.2, 0.25) is 0 Å². The molecule has 192 valence electrons. The van der Waals surface area contributed by atoms with E-state index in [1.165, 1.54) is 0 Å². The Labute approximate surface area is 190 Å². The second-order valence-electron chi connectivity index (χ2n) is 6.70. The van der Waals surface area contributed by atoms with Gasteiger partial charge in [-0.05, 0) is 0 Å². The molecule has 21 heteroatoms. The molecule has 2 fully saturated rings. The summed E-state index contributed by atoms with van der Waals surface area (Å²) >= 11 is -5.00. The molecule has 0 amide bonds. The standard InChI is InChI=1S/2C6H13O9P.Sn/c2*7-1-3(8)5(10)6(11)4(9)2-15-16(12,13)14;/h2*1,3-6,8-11H,2H2,(H2,12,13,14);/q;;+4/p-4/t2*3-,4+,5+,6+;/m00./s1. The van der Waals surface area contributed by atoms with Gasteiger partial charge in [0.15, 0.2) is 0 Å². The van der Waals surface area contributed by atoms with Gasteiger partial charge in [-0.1, -0.05) is 0 Å². The number of hydrogen-bond acceptors (Lipinski definition) is 18. The minimum absolute atomic E-state index is 0.0953. The van der Waals surface area contributed by atoms with Crippen LogP contribution in [-0.4, -0.2) is 136 Å². The first-order valence-electron chi connectivity index (χ1n) is 8.87. The molecule has 8 N–H and O–H groups in total. The van der Waals surface area contributed by atoms with Crippen LogP contribution in [0.25, 0.3) is 0 Å². The Balaban J connectivity index is 1.75. The number of aliphatic hydroxyl groups excluding tert-OH is 8. The molecule has 2 aliphatic rings. The summed E-state index contributed by atoms with van der Waals surface area (Å²) in [6, 6.07) is 0. The summed E-state index contributed by atoms with van der Waals surface area (Å²) in [7, 11) is -8.75. The van der Waals surface area contributed by atoms with E-state index in [9.17, 15) is 49.4 Å². The first kappa shape index (κ1) is 29.3. The Morgan fingerprint density at radius 1 is 0.636 bits per heavy atom. The van der Waals surface area contributed by atoms with Gasteiger partial charge in [0.25, 0.3) is 0 Å². The van der Waals surface area contributed by atoms with Crippen LogP contribution in [0.5, 0.6) is 0 Å². The van der Waals surface area contributed by atoms with Gasteiger partial charge in [-0.25, -0.2) is 0 Å². The molecule has 0 aromatic heterocycles. The van der Waals surface area contributed by atoms with E-state index in [2.05, 4.69) is 9.05 Å². The SMILES string of the molecule is O=C[C@H](O)[C@@H](O)[C@H](O)[C@H](O)COP1(=O)[O][Sn]2([O]1)[O]P(=O)(OC[C@@H](O)[C@@H](O)[C@H](O)[C@@H](O)C=O)[O]2. The third-order valence-corrected chi connectivity index (χ3v) is 22.2. The first-order valence-corrected chi connectivity index (χ1v) is 16.5. The summed E-state index contributed by atoms with van der Waals surface area (Å²) in [6.45, 7) is -1.92. The topological polar surface area (TPSA) is 285 Å². The van der Waals surface area contributed by atoms with Gasteiger partial charge in [-0.2, -0.15) is 0 Å². The van der Waals surface area contributed by atoms with Crippen molar-refractivity contribution in [1.82, 2.24) is 0 Å². The first-order chi connectivity index (χ1) is 15.2. The molecule has 0 saturated carbocycles. The second kappa shape index (κ2) is 11.4. The van der Waals surface area contributed by atoms with Crippen LogP contribution >= 0.6 is 15.6 Å². The molecule has 0 aromatic carbocycles. The zero-order chi connectivity index (χ0) is 25.2. The zero-order valence-corrected chi connectivity index (χ0v) is 20.9. The van der Waals surface area contributed by atoms with Gasteiger partial charge in [0.2, 0.25) is 0 Å². The maximum atomic E-state index is 12.1. The average Bonchev–Trinajstić information content (AvgIpc) is 2.75. The molecule has 0 aromatic rings. The van der Waals surface area contributed by atoms with Gasteiger partial charge in [0, 0.05) is 0 Å². The van der Waals surface area contributed by atoms with Crippen LogP contribution < -0.4 is 0 Å². The fourth-order valence-electron chi connectivity index (χ4n) is 2.29. The Hall–Kier alpha value is 0.0387. The maximum absolute atomic E-state index is 12.1. The van der Waals surface area contributed by atoms with E-state index in [4.69, 9.17) is 21.7 Å². The van der Waals surface area contributed by atoms with Crippen LogP contribution in [0.4, 0.5) is 0 Å². The summed E-state index contributed by atoms with van der Waals surface area (Å²) in [4.78, 5) is 20.7. The summed E-state index contributed by atoms with van der Waals surface area (Å²) < 4.78 is 52.6. The predicted molar refractivity (Wildman–Crippen MR) is 97.4 cm³/mol. The van der Waals surface area contributed by atoms with Crippen LogP contribution in [0, 0.1) is 0 Å². The molecule has 2 rings (SSSR count). The van der Waals surface area contributed by atoms with Crippen molar-refractivity contribution in [2.75, 3.05) is 13.2 Å². The number of carbonyl (C=O) groups is 2. The van der Waals surface area contributed by atoms with Crippen molar-refractivity contribution in [3.63, 3.8) is 0 Å². The summed E-state index contributed by atoms with van der Waals surface area (Å²) in [6.07, 6.45) is -16.4. The molecule has 33 heavy (non-hydrogen) atoms. The number of aliphatic hydroxyl groups is 8. The summed E-state index contributed by atoms with van der Waals surface area (Å²) in [5.74, 6) is 0. The van der Waals surface area contributed by atoms with E-state index in [0.717, 1.165) is 0 Å². The molecule has 0 aliphatic carbocycles. The summed E-state index contributed by atoms with van der Waals surface area (Å²) in [5, 5.41) is 75.5. The van der Waals surface area contributed by atoms with Crippen molar-refractivity contribution in [1.29, 1.82) is 0 Å². The average molecular weight is 635 g/mol. The Bertz CT molecular complexity index is 709. The molecule has 0 radical (unpaired) electrons. The van der Waals surface area contributed by atoms with Gasteiger partial charge in [-0.3, -0.25) is 0 Å².